The molecule has 1 aliphatic carbocycles. The van der Waals surface area contributed by atoms with E-state index in [1.54, 1.807) is 0 Å². The lowest BCUT2D eigenvalue weighted by Gasteiger charge is -2.20. The van der Waals surface area contributed by atoms with Crippen LogP contribution in [0.15, 0.2) is 30.7 Å². The van der Waals surface area contributed by atoms with Gasteiger partial charge in [0.25, 0.3) is 0 Å². The van der Waals surface area contributed by atoms with Crippen LogP contribution in [0, 0.1) is 12.8 Å². The molecule has 5 heteroatoms. The molecule has 0 bridgehead atoms. The number of imidazole rings is 1. The topological polar surface area (TPSA) is 60.7 Å². The minimum Gasteiger partial charge on any atom is -0.330 e. The standard InChI is InChI=1S/C21H24N4O/c1-14-22-13-20(25(14)2)19-9-16-8-18(23-11-17(16)12-24-19)10-21(26)15-6-4-3-5-7-15/h8-9,11-13,15H,3-7,10H2,1-2H3. The molecule has 26 heavy (non-hydrogen) atoms. The van der Waals surface area contributed by atoms with Crippen molar-refractivity contribution in [3.63, 3.8) is 0 Å². The largest absolute Gasteiger partial charge is 0.330 e. The van der Waals surface area contributed by atoms with Crippen LogP contribution < -0.4 is 0 Å². The molecule has 0 atom stereocenters. The van der Waals surface area contributed by atoms with Crippen molar-refractivity contribution in [3.05, 3.63) is 42.2 Å². The number of aromatic nitrogens is 4. The van der Waals surface area contributed by atoms with Gasteiger partial charge in [-0.1, -0.05) is 19.3 Å². The molecule has 0 unspecified atom stereocenters. The first kappa shape index (κ1) is 16.9. The molecule has 5 nitrogen and oxygen atoms in total. The third kappa shape index (κ3) is 3.26. The quantitative estimate of drug-likeness (QED) is 0.714. The zero-order chi connectivity index (χ0) is 18.1. The third-order valence-electron chi connectivity index (χ3n) is 5.56. The van der Waals surface area contributed by atoms with E-state index < -0.39 is 0 Å². The van der Waals surface area contributed by atoms with Gasteiger partial charge in [-0.3, -0.25) is 14.8 Å². The number of carbonyl (C=O) groups is 1. The SMILES string of the molecule is Cc1ncc(-c2cc3cc(CC(=O)C4CCCCC4)ncc3cn2)n1C. The molecule has 1 fully saturated rings. The van der Waals surface area contributed by atoms with Crippen LogP contribution in [0.5, 0.6) is 0 Å². The molecule has 0 aromatic carbocycles. The van der Waals surface area contributed by atoms with Crippen LogP contribution in [0.1, 0.15) is 43.6 Å². The maximum atomic E-state index is 12.6. The van der Waals surface area contributed by atoms with Crippen LogP contribution in [0.4, 0.5) is 0 Å². The molecule has 0 N–H and O–H groups in total. The van der Waals surface area contributed by atoms with Crippen molar-refractivity contribution < 1.29 is 4.79 Å². The molecular weight excluding hydrogens is 324 g/mol. The van der Waals surface area contributed by atoms with Crippen molar-refractivity contribution in [1.82, 2.24) is 19.5 Å². The van der Waals surface area contributed by atoms with Crippen molar-refractivity contribution in [2.45, 2.75) is 45.4 Å². The molecule has 3 aromatic heterocycles. The lowest BCUT2D eigenvalue weighted by molar-refractivity contribution is -0.123. The summed E-state index contributed by atoms with van der Waals surface area (Å²) in [5.74, 6) is 1.52. The zero-order valence-corrected chi connectivity index (χ0v) is 15.4. The minimum absolute atomic E-state index is 0.228. The van der Waals surface area contributed by atoms with E-state index in [-0.39, 0.29) is 5.92 Å². The first-order chi connectivity index (χ1) is 12.6. The summed E-state index contributed by atoms with van der Waals surface area (Å²) in [5, 5.41) is 2.05. The van der Waals surface area contributed by atoms with Gasteiger partial charge < -0.3 is 4.57 Å². The van der Waals surface area contributed by atoms with E-state index in [0.29, 0.717) is 12.2 Å². The Bertz CT molecular complexity index is 954. The lowest BCUT2D eigenvalue weighted by atomic mass is 9.85. The van der Waals surface area contributed by atoms with Crippen LogP contribution in [-0.4, -0.2) is 25.3 Å². The highest BCUT2D eigenvalue weighted by atomic mass is 16.1. The van der Waals surface area contributed by atoms with E-state index in [0.717, 1.165) is 46.5 Å². The Morgan fingerprint density at radius 2 is 1.81 bits per heavy atom. The van der Waals surface area contributed by atoms with Gasteiger partial charge in [0.05, 0.1) is 17.6 Å². The molecule has 0 amide bonds. The zero-order valence-electron chi connectivity index (χ0n) is 15.4. The van der Waals surface area contributed by atoms with Crippen molar-refractivity contribution >= 4 is 16.6 Å². The van der Waals surface area contributed by atoms with Gasteiger partial charge in [-0.05, 0) is 37.3 Å². The highest BCUT2D eigenvalue weighted by Gasteiger charge is 2.21. The number of hydrogen-bond donors (Lipinski definition) is 0. The van der Waals surface area contributed by atoms with E-state index in [4.69, 9.17) is 0 Å². The average Bonchev–Trinajstić information content (AvgIpc) is 3.00. The fourth-order valence-corrected chi connectivity index (χ4v) is 3.81. The predicted molar refractivity (Wildman–Crippen MR) is 102 cm³/mol. The van der Waals surface area contributed by atoms with Gasteiger partial charge in [-0.15, -0.1) is 0 Å². The number of nitrogens with zero attached hydrogens (tertiary/aromatic N) is 4. The van der Waals surface area contributed by atoms with E-state index in [1.807, 2.05) is 43.2 Å². The smallest absolute Gasteiger partial charge is 0.141 e. The molecular formula is C21H24N4O. The Hall–Kier alpha value is -2.56. The van der Waals surface area contributed by atoms with Crippen LogP contribution in [0.25, 0.3) is 22.2 Å². The van der Waals surface area contributed by atoms with Crippen LogP contribution >= 0.6 is 0 Å². The Labute approximate surface area is 153 Å². The van der Waals surface area contributed by atoms with Crippen LogP contribution in [-0.2, 0) is 18.3 Å². The van der Waals surface area contributed by atoms with Crippen LogP contribution in [0.2, 0.25) is 0 Å². The summed E-state index contributed by atoms with van der Waals surface area (Å²) in [6, 6.07) is 4.09. The number of pyridine rings is 2. The van der Waals surface area contributed by atoms with Crippen molar-refractivity contribution in [3.8, 4) is 11.4 Å². The Morgan fingerprint density at radius 1 is 1.04 bits per heavy atom. The number of fused-ring (bicyclic) bond motifs is 1. The first-order valence-corrected chi connectivity index (χ1v) is 9.38. The van der Waals surface area contributed by atoms with Gasteiger partial charge in [-0.2, -0.15) is 0 Å². The predicted octanol–water partition coefficient (Wildman–Crippen LogP) is 4.03. The summed E-state index contributed by atoms with van der Waals surface area (Å²) in [4.78, 5) is 26.0. The molecule has 0 saturated heterocycles. The van der Waals surface area contributed by atoms with Gasteiger partial charge in [-0.25, -0.2) is 4.98 Å². The monoisotopic (exact) mass is 348 g/mol. The maximum absolute atomic E-state index is 12.6. The number of rotatable bonds is 4. The molecule has 134 valence electrons. The Kier molecular flexibility index (Phi) is 4.53. The average molecular weight is 348 g/mol. The summed E-state index contributed by atoms with van der Waals surface area (Å²) in [7, 11) is 1.99. The second-order valence-corrected chi connectivity index (χ2v) is 7.32. The van der Waals surface area contributed by atoms with Gasteiger partial charge in [0, 0.05) is 42.9 Å². The van der Waals surface area contributed by atoms with Crippen LogP contribution in [0.3, 0.4) is 0 Å². The minimum atomic E-state index is 0.228. The maximum Gasteiger partial charge on any atom is 0.141 e. The molecule has 0 radical (unpaired) electrons. The number of Topliss-reactive ketones (excluding diaryl/α,β-unsaturated/α-hetero) is 1. The summed E-state index contributed by atoms with van der Waals surface area (Å²) < 4.78 is 2.03. The highest BCUT2D eigenvalue weighted by Crippen LogP contribution is 2.26. The number of aryl methyl sites for hydroxylation is 1. The van der Waals surface area contributed by atoms with Crippen molar-refractivity contribution in [2.24, 2.45) is 13.0 Å². The molecule has 3 heterocycles. The molecule has 0 spiro atoms. The van der Waals surface area contributed by atoms with Gasteiger partial charge in [0.2, 0.25) is 0 Å². The summed E-state index contributed by atoms with van der Waals surface area (Å²) >= 11 is 0. The fourth-order valence-electron chi connectivity index (χ4n) is 3.81. The van der Waals surface area contributed by atoms with Gasteiger partial charge in [0.1, 0.15) is 11.6 Å². The summed E-state index contributed by atoms with van der Waals surface area (Å²) in [6.45, 7) is 1.98. The van der Waals surface area contributed by atoms with E-state index >= 15 is 0 Å². The van der Waals surface area contributed by atoms with E-state index in [2.05, 4.69) is 21.0 Å². The Balaban J connectivity index is 1.61. The second-order valence-electron chi connectivity index (χ2n) is 7.32. The normalized spacial score (nSPS) is 15.5. The highest BCUT2D eigenvalue weighted by molar-refractivity contribution is 5.87. The summed E-state index contributed by atoms with van der Waals surface area (Å²) in [5.41, 5.74) is 2.73. The third-order valence-corrected chi connectivity index (χ3v) is 5.56. The lowest BCUT2D eigenvalue weighted by Crippen LogP contribution is -2.20. The number of ketones is 1. The first-order valence-electron chi connectivity index (χ1n) is 9.38. The molecule has 1 saturated carbocycles. The number of carbonyl (C=O) groups excluding carboxylic acids is 1. The van der Waals surface area contributed by atoms with E-state index in [9.17, 15) is 4.79 Å². The Morgan fingerprint density at radius 3 is 2.54 bits per heavy atom. The summed E-state index contributed by atoms with van der Waals surface area (Å²) in [6.07, 6.45) is 11.7. The van der Waals surface area contributed by atoms with Gasteiger partial charge >= 0.3 is 0 Å². The molecule has 3 aromatic rings. The number of hydrogen-bond acceptors (Lipinski definition) is 4. The van der Waals surface area contributed by atoms with Crippen molar-refractivity contribution in [1.29, 1.82) is 0 Å². The molecule has 4 rings (SSSR count). The second kappa shape index (κ2) is 6.98. The molecule has 0 aliphatic heterocycles. The van der Waals surface area contributed by atoms with Crippen molar-refractivity contribution in [2.75, 3.05) is 0 Å². The van der Waals surface area contributed by atoms with E-state index in [1.165, 1.54) is 19.3 Å². The molecule has 1 aliphatic rings. The fraction of sp³-hybridized carbons (Fsp3) is 0.429. The van der Waals surface area contributed by atoms with Gasteiger partial charge in [0.15, 0.2) is 0 Å².